The zero-order valence-corrected chi connectivity index (χ0v) is 7.92. The van der Waals surface area contributed by atoms with E-state index >= 15 is 0 Å². The second kappa shape index (κ2) is 5.89. The van der Waals surface area contributed by atoms with Crippen molar-refractivity contribution < 1.29 is 9.53 Å². The number of morpholine rings is 1. The molecule has 1 rings (SSSR count). The van der Waals surface area contributed by atoms with E-state index in [1.165, 1.54) is 0 Å². The molecule has 0 bridgehead atoms. The minimum Gasteiger partial charge on any atom is -0.368 e. The summed E-state index contributed by atoms with van der Waals surface area (Å²) in [5.74, 6) is 0.217. The molecule has 3 nitrogen and oxygen atoms in total. The van der Waals surface area contributed by atoms with Gasteiger partial charge in [0.2, 0.25) is 0 Å². The molecule has 1 heterocycles. The number of nitrogens with one attached hydrogen (secondary N) is 1. The molecular weight excluding hydrogens is 166 g/mol. The third kappa shape index (κ3) is 3.70. The van der Waals surface area contributed by atoms with Crippen LogP contribution in [0.3, 0.4) is 0 Å². The van der Waals surface area contributed by atoms with Gasteiger partial charge in [0.15, 0.2) is 5.78 Å². The molecule has 1 atom stereocenters. The van der Waals surface area contributed by atoms with Crippen LogP contribution in [0.15, 0.2) is 12.7 Å². The van der Waals surface area contributed by atoms with Gasteiger partial charge in [-0.3, -0.25) is 4.79 Å². The topological polar surface area (TPSA) is 38.3 Å². The van der Waals surface area contributed by atoms with Crippen LogP contribution in [0.25, 0.3) is 0 Å². The summed E-state index contributed by atoms with van der Waals surface area (Å²) in [6.45, 7) is 5.80. The normalized spacial score (nSPS) is 22.6. The molecule has 0 saturated carbocycles. The largest absolute Gasteiger partial charge is 0.368 e. The summed E-state index contributed by atoms with van der Waals surface area (Å²) in [6, 6.07) is 0. The summed E-state index contributed by atoms with van der Waals surface area (Å²) >= 11 is 0. The van der Waals surface area contributed by atoms with Crippen LogP contribution in [-0.4, -0.2) is 31.6 Å². The van der Waals surface area contributed by atoms with Gasteiger partial charge >= 0.3 is 0 Å². The fraction of sp³-hybridized carbons (Fsp3) is 0.700. The van der Waals surface area contributed by atoms with Gasteiger partial charge in [0.25, 0.3) is 0 Å². The van der Waals surface area contributed by atoms with Crippen molar-refractivity contribution in [2.24, 2.45) is 0 Å². The van der Waals surface area contributed by atoms with Gasteiger partial charge in [-0.05, 0) is 12.8 Å². The summed E-state index contributed by atoms with van der Waals surface area (Å²) in [6.07, 6.45) is 4.04. The molecule has 1 aliphatic heterocycles. The van der Waals surface area contributed by atoms with E-state index in [-0.39, 0.29) is 11.9 Å². The van der Waals surface area contributed by atoms with Crippen molar-refractivity contribution in [3.8, 4) is 0 Å². The lowest BCUT2D eigenvalue weighted by Gasteiger charge is -2.22. The molecule has 0 aliphatic carbocycles. The molecule has 0 amide bonds. The second-order valence-corrected chi connectivity index (χ2v) is 3.21. The number of hydrogen-bond donors (Lipinski definition) is 1. The number of rotatable bonds is 5. The number of unbranched alkanes of at least 4 members (excludes halogenated alkanes) is 1. The quantitative estimate of drug-likeness (QED) is 0.508. The van der Waals surface area contributed by atoms with Crippen LogP contribution >= 0.6 is 0 Å². The Balaban J connectivity index is 2.17. The first-order valence-electron chi connectivity index (χ1n) is 4.80. The lowest BCUT2D eigenvalue weighted by atomic mass is 10.1. The predicted octanol–water partition coefficient (Wildman–Crippen LogP) is 0.900. The van der Waals surface area contributed by atoms with E-state index in [2.05, 4.69) is 11.9 Å². The lowest BCUT2D eigenvalue weighted by molar-refractivity contribution is -0.132. The Labute approximate surface area is 79.2 Å². The second-order valence-electron chi connectivity index (χ2n) is 3.21. The van der Waals surface area contributed by atoms with Gasteiger partial charge in [-0.2, -0.15) is 0 Å². The minimum atomic E-state index is -0.210. The van der Waals surface area contributed by atoms with Crippen molar-refractivity contribution >= 4 is 5.78 Å². The lowest BCUT2D eigenvalue weighted by Crippen LogP contribution is -2.43. The highest BCUT2D eigenvalue weighted by atomic mass is 16.5. The maximum atomic E-state index is 11.5. The fourth-order valence-electron chi connectivity index (χ4n) is 1.35. The van der Waals surface area contributed by atoms with Crippen LogP contribution in [0, 0.1) is 0 Å². The summed E-state index contributed by atoms with van der Waals surface area (Å²) in [7, 11) is 0. The smallest absolute Gasteiger partial charge is 0.162 e. The van der Waals surface area contributed by atoms with E-state index in [9.17, 15) is 4.79 Å². The van der Waals surface area contributed by atoms with Crippen LogP contribution in [0.2, 0.25) is 0 Å². The number of Topliss-reactive ketones (excluding diaryl/α,β-unsaturated/α-hetero) is 1. The predicted molar refractivity (Wildman–Crippen MR) is 51.7 cm³/mol. The van der Waals surface area contributed by atoms with Crippen molar-refractivity contribution in [2.45, 2.75) is 25.4 Å². The molecule has 0 spiro atoms. The molecule has 74 valence electrons. The average molecular weight is 183 g/mol. The summed E-state index contributed by atoms with van der Waals surface area (Å²) < 4.78 is 5.33. The highest BCUT2D eigenvalue weighted by molar-refractivity contribution is 5.83. The number of allylic oxidation sites excluding steroid dienone is 1. The van der Waals surface area contributed by atoms with Gasteiger partial charge in [0.05, 0.1) is 6.61 Å². The van der Waals surface area contributed by atoms with Crippen LogP contribution in [0.5, 0.6) is 0 Å². The number of hydrogen-bond acceptors (Lipinski definition) is 3. The van der Waals surface area contributed by atoms with Gasteiger partial charge in [-0.25, -0.2) is 0 Å². The Morgan fingerprint density at radius 3 is 3.15 bits per heavy atom. The summed E-state index contributed by atoms with van der Waals surface area (Å²) in [5.41, 5.74) is 0. The van der Waals surface area contributed by atoms with Crippen molar-refractivity contribution in [3.63, 3.8) is 0 Å². The van der Waals surface area contributed by atoms with Crippen molar-refractivity contribution in [2.75, 3.05) is 19.7 Å². The molecule has 0 aromatic heterocycles. The summed E-state index contributed by atoms with van der Waals surface area (Å²) in [5, 5.41) is 3.14. The van der Waals surface area contributed by atoms with Crippen molar-refractivity contribution in [1.82, 2.24) is 5.32 Å². The van der Waals surface area contributed by atoms with E-state index in [0.717, 1.165) is 19.4 Å². The van der Waals surface area contributed by atoms with E-state index in [1.807, 2.05) is 6.08 Å². The van der Waals surface area contributed by atoms with Gasteiger partial charge in [-0.15, -0.1) is 6.58 Å². The third-order valence-electron chi connectivity index (χ3n) is 2.12. The zero-order valence-electron chi connectivity index (χ0n) is 7.92. The first kappa shape index (κ1) is 10.4. The number of carbonyl (C=O) groups is 1. The summed E-state index contributed by atoms with van der Waals surface area (Å²) in [4.78, 5) is 11.5. The van der Waals surface area contributed by atoms with Gasteiger partial charge in [0.1, 0.15) is 6.10 Å². The molecule has 0 aromatic rings. The Bertz CT molecular complexity index is 174. The highest BCUT2D eigenvalue weighted by Gasteiger charge is 2.20. The molecule has 0 aromatic carbocycles. The number of ketones is 1. The Morgan fingerprint density at radius 2 is 2.54 bits per heavy atom. The van der Waals surface area contributed by atoms with Crippen molar-refractivity contribution in [3.05, 3.63) is 12.7 Å². The number of ether oxygens (including phenoxy) is 1. The van der Waals surface area contributed by atoms with Gasteiger partial charge in [0, 0.05) is 19.5 Å². The molecule has 1 N–H and O–H groups in total. The van der Waals surface area contributed by atoms with Crippen LogP contribution in [0.4, 0.5) is 0 Å². The molecule has 1 aliphatic rings. The van der Waals surface area contributed by atoms with E-state index in [0.29, 0.717) is 19.6 Å². The molecule has 13 heavy (non-hydrogen) atoms. The van der Waals surface area contributed by atoms with Crippen LogP contribution < -0.4 is 5.32 Å². The van der Waals surface area contributed by atoms with Crippen LogP contribution in [0.1, 0.15) is 19.3 Å². The van der Waals surface area contributed by atoms with Crippen LogP contribution in [-0.2, 0) is 9.53 Å². The Kier molecular flexibility index (Phi) is 4.72. The van der Waals surface area contributed by atoms with Gasteiger partial charge < -0.3 is 10.1 Å². The zero-order chi connectivity index (χ0) is 9.52. The SMILES string of the molecule is C=CCCCC(=O)C1CNCCO1. The first-order chi connectivity index (χ1) is 6.34. The maximum Gasteiger partial charge on any atom is 0.162 e. The van der Waals surface area contributed by atoms with E-state index in [1.54, 1.807) is 0 Å². The van der Waals surface area contributed by atoms with E-state index < -0.39 is 0 Å². The standard InChI is InChI=1S/C10H17NO2/c1-2-3-4-5-9(12)10-8-11-6-7-13-10/h2,10-11H,1,3-8H2. The molecule has 1 fully saturated rings. The fourth-order valence-corrected chi connectivity index (χ4v) is 1.35. The number of carbonyl (C=O) groups excluding carboxylic acids is 1. The van der Waals surface area contributed by atoms with E-state index in [4.69, 9.17) is 4.74 Å². The minimum absolute atomic E-state index is 0.210. The Morgan fingerprint density at radius 1 is 1.69 bits per heavy atom. The molecule has 3 heteroatoms. The first-order valence-corrected chi connectivity index (χ1v) is 4.80. The monoisotopic (exact) mass is 183 g/mol. The maximum absolute atomic E-state index is 11.5. The molecule has 0 radical (unpaired) electrons. The average Bonchev–Trinajstić information content (AvgIpc) is 2.19. The van der Waals surface area contributed by atoms with Gasteiger partial charge in [-0.1, -0.05) is 6.08 Å². The highest BCUT2D eigenvalue weighted by Crippen LogP contribution is 2.04. The van der Waals surface area contributed by atoms with Crippen molar-refractivity contribution in [1.29, 1.82) is 0 Å². The third-order valence-corrected chi connectivity index (χ3v) is 2.12. The molecule has 1 saturated heterocycles. The molecule has 1 unspecified atom stereocenters. The molecular formula is C10H17NO2. The Hall–Kier alpha value is -0.670.